The summed E-state index contributed by atoms with van der Waals surface area (Å²) >= 11 is 0. The van der Waals surface area contributed by atoms with Crippen molar-refractivity contribution in [2.75, 3.05) is 13.1 Å². The molecule has 0 N–H and O–H groups in total. The van der Waals surface area contributed by atoms with E-state index in [4.69, 9.17) is 0 Å². The van der Waals surface area contributed by atoms with E-state index in [-0.39, 0.29) is 0 Å². The molecule has 2 aromatic heterocycles. The van der Waals surface area contributed by atoms with Crippen LogP contribution in [0.3, 0.4) is 0 Å². The first-order valence-corrected chi connectivity index (χ1v) is 7.63. The Labute approximate surface area is 126 Å². The van der Waals surface area contributed by atoms with E-state index < -0.39 is 0 Å². The molecular weight excluding hydrogens is 260 g/mol. The highest BCUT2D eigenvalue weighted by atomic mass is 15.1. The third-order valence-electron chi connectivity index (χ3n) is 4.06. The molecule has 0 unspecified atom stereocenters. The zero-order valence-corrected chi connectivity index (χ0v) is 12.8. The Morgan fingerprint density at radius 1 is 1.29 bits per heavy atom. The molecule has 21 heavy (non-hydrogen) atoms. The molecule has 1 aliphatic heterocycles. The van der Waals surface area contributed by atoms with E-state index in [1.54, 1.807) is 0 Å². The number of nitrogens with zero attached hydrogens (tertiary/aromatic N) is 4. The lowest BCUT2D eigenvalue weighted by molar-refractivity contribution is 0.198. The summed E-state index contributed by atoms with van der Waals surface area (Å²) in [5.41, 5.74) is 3.72. The first-order valence-electron chi connectivity index (χ1n) is 7.63. The van der Waals surface area contributed by atoms with Gasteiger partial charge in [-0.3, -0.25) is 9.88 Å². The lowest BCUT2D eigenvalue weighted by Gasteiger charge is -2.32. The highest BCUT2D eigenvalue weighted by Crippen LogP contribution is 2.26. The Bertz CT molecular complexity index is 611. The molecule has 0 radical (unpaired) electrons. The molecule has 0 amide bonds. The summed E-state index contributed by atoms with van der Waals surface area (Å²) in [7, 11) is 0. The molecular formula is C17H22N4. The van der Waals surface area contributed by atoms with Gasteiger partial charge in [0.25, 0.3) is 0 Å². The zero-order chi connectivity index (χ0) is 14.7. The normalized spacial score (nSPS) is 19.6. The van der Waals surface area contributed by atoms with Gasteiger partial charge < -0.3 is 0 Å². The fraction of sp³-hybridized carbons (Fsp3) is 0.471. The first-order chi connectivity index (χ1) is 10.2. The third kappa shape index (κ3) is 3.64. The summed E-state index contributed by atoms with van der Waals surface area (Å²) < 4.78 is 0. The predicted molar refractivity (Wildman–Crippen MR) is 83.0 cm³/mol. The molecule has 3 heterocycles. The van der Waals surface area contributed by atoms with Crippen LogP contribution in [0.25, 0.3) is 0 Å². The van der Waals surface area contributed by atoms with Crippen molar-refractivity contribution in [3.05, 3.63) is 53.4 Å². The van der Waals surface area contributed by atoms with E-state index in [1.807, 2.05) is 25.5 Å². The van der Waals surface area contributed by atoms with E-state index in [9.17, 15) is 0 Å². The minimum absolute atomic E-state index is 0.526. The summed E-state index contributed by atoms with van der Waals surface area (Å²) in [4.78, 5) is 15.6. The van der Waals surface area contributed by atoms with Crippen LogP contribution in [-0.4, -0.2) is 32.9 Å². The highest BCUT2D eigenvalue weighted by Gasteiger charge is 2.22. The fourth-order valence-electron chi connectivity index (χ4n) is 3.10. The lowest BCUT2D eigenvalue weighted by Crippen LogP contribution is -2.34. The number of hydrogen-bond acceptors (Lipinski definition) is 4. The standard InChI is InChI=1S/C17H22N4/c1-13-8-15(10-18-9-13)11-21-7-3-4-16(12-21)17-5-6-19-14(2)20-17/h5-6,8-10,16H,3-4,7,11-12H2,1-2H3/t16-/m0/s1. The highest BCUT2D eigenvalue weighted by molar-refractivity contribution is 5.17. The van der Waals surface area contributed by atoms with Crippen LogP contribution in [0.2, 0.25) is 0 Å². The molecule has 2 aromatic rings. The summed E-state index contributed by atoms with van der Waals surface area (Å²) in [5.74, 6) is 1.39. The number of hydrogen-bond donors (Lipinski definition) is 0. The molecule has 0 spiro atoms. The Hall–Kier alpha value is -1.81. The van der Waals surface area contributed by atoms with Crippen molar-refractivity contribution in [3.63, 3.8) is 0 Å². The van der Waals surface area contributed by atoms with Crippen LogP contribution < -0.4 is 0 Å². The van der Waals surface area contributed by atoms with Crippen molar-refractivity contribution in [1.29, 1.82) is 0 Å². The number of pyridine rings is 1. The van der Waals surface area contributed by atoms with Crippen LogP contribution in [-0.2, 0) is 6.54 Å². The van der Waals surface area contributed by atoms with E-state index in [2.05, 4.69) is 38.9 Å². The maximum Gasteiger partial charge on any atom is 0.125 e. The monoisotopic (exact) mass is 282 g/mol. The molecule has 1 atom stereocenters. The molecule has 3 rings (SSSR count). The minimum Gasteiger partial charge on any atom is -0.298 e. The zero-order valence-electron chi connectivity index (χ0n) is 12.8. The van der Waals surface area contributed by atoms with Gasteiger partial charge in [0.2, 0.25) is 0 Å². The van der Waals surface area contributed by atoms with Gasteiger partial charge in [-0.1, -0.05) is 6.07 Å². The van der Waals surface area contributed by atoms with Gasteiger partial charge in [-0.15, -0.1) is 0 Å². The molecule has 4 heteroatoms. The molecule has 1 aliphatic rings. The predicted octanol–water partition coefficient (Wildman–Crippen LogP) is 2.87. The fourth-order valence-corrected chi connectivity index (χ4v) is 3.10. The Morgan fingerprint density at radius 2 is 2.19 bits per heavy atom. The van der Waals surface area contributed by atoms with Gasteiger partial charge in [0, 0.05) is 43.3 Å². The van der Waals surface area contributed by atoms with E-state index in [0.29, 0.717) is 5.92 Å². The van der Waals surface area contributed by atoms with Crippen molar-refractivity contribution in [2.24, 2.45) is 0 Å². The van der Waals surface area contributed by atoms with E-state index >= 15 is 0 Å². The van der Waals surface area contributed by atoms with Crippen molar-refractivity contribution in [3.8, 4) is 0 Å². The molecule has 0 bridgehead atoms. The summed E-state index contributed by atoms with van der Waals surface area (Å²) in [5, 5.41) is 0. The number of piperidine rings is 1. The number of rotatable bonds is 3. The summed E-state index contributed by atoms with van der Waals surface area (Å²) in [6, 6.07) is 4.29. The van der Waals surface area contributed by atoms with Crippen LogP contribution in [0.5, 0.6) is 0 Å². The third-order valence-corrected chi connectivity index (χ3v) is 4.06. The van der Waals surface area contributed by atoms with Crippen molar-refractivity contribution in [1.82, 2.24) is 19.9 Å². The van der Waals surface area contributed by atoms with Crippen molar-refractivity contribution in [2.45, 2.75) is 39.2 Å². The molecule has 0 aliphatic carbocycles. The lowest BCUT2D eigenvalue weighted by atomic mass is 9.94. The van der Waals surface area contributed by atoms with Gasteiger partial charge in [0.15, 0.2) is 0 Å². The topological polar surface area (TPSA) is 41.9 Å². The number of aryl methyl sites for hydroxylation is 2. The molecule has 0 aromatic carbocycles. The van der Waals surface area contributed by atoms with Crippen molar-refractivity contribution < 1.29 is 0 Å². The van der Waals surface area contributed by atoms with Gasteiger partial charge in [-0.2, -0.15) is 0 Å². The van der Waals surface area contributed by atoms with Crippen LogP contribution in [0.1, 0.15) is 41.4 Å². The Morgan fingerprint density at radius 3 is 3.00 bits per heavy atom. The quantitative estimate of drug-likeness (QED) is 0.868. The van der Waals surface area contributed by atoms with E-state index in [0.717, 1.165) is 25.5 Å². The number of aromatic nitrogens is 3. The second-order valence-corrected chi connectivity index (χ2v) is 5.97. The Balaban J connectivity index is 1.68. The molecule has 110 valence electrons. The Kier molecular flexibility index (Phi) is 4.25. The molecule has 1 fully saturated rings. The van der Waals surface area contributed by atoms with Crippen LogP contribution in [0, 0.1) is 13.8 Å². The SMILES string of the molecule is Cc1cncc(CN2CCC[C@H](c3ccnc(C)n3)C2)c1. The number of likely N-dealkylation sites (tertiary alicyclic amines) is 1. The van der Waals surface area contributed by atoms with Crippen LogP contribution in [0.15, 0.2) is 30.7 Å². The second-order valence-electron chi connectivity index (χ2n) is 5.97. The smallest absolute Gasteiger partial charge is 0.125 e. The van der Waals surface area contributed by atoms with E-state index in [1.165, 1.54) is 29.7 Å². The average Bonchev–Trinajstić information content (AvgIpc) is 2.47. The maximum absolute atomic E-state index is 4.60. The molecule has 1 saturated heterocycles. The average molecular weight is 282 g/mol. The first kappa shape index (κ1) is 14.1. The van der Waals surface area contributed by atoms with Crippen LogP contribution in [0.4, 0.5) is 0 Å². The van der Waals surface area contributed by atoms with Gasteiger partial charge in [0.05, 0.1) is 0 Å². The molecule has 0 saturated carbocycles. The van der Waals surface area contributed by atoms with Gasteiger partial charge in [-0.05, 0) is 50.4 Å². The largest absolute Gasteiger partial charge is 0.298 e. The van der Waals surface area contributed by atoms with Gasteiger partial charge >= 0.3 is 0 Å². The van der Waals surface area contributed by atoms with Crippen LogP contribution >= 0.6 is 0 Å². The van der Waals surface area contributed by atoms with Crippen molar-refractivity contribution >= 4 is 0 Å². The maximum atomic E-state index is 4.60. The second kappa shape index (κ2) is 6.31. The summed E-state index contributed by atoms with van der Waals surface area (Å²) in [6.07, 6.45) is 8.21. The van der Waals surface area contributed by atoms with Gasteiger partial charge in [0.1, 0.15) is 5.82 Å². The summed E-state index contributed by atoms with van der Waals surface area (Å²) in [6.45, 7) is 7.27. The van der Waals surface area contributed by atoms with Gasteiger partial charge in [-0.25, -0.2) is 9.97 Å². The minimum atomic E-state index is 0.526. The molecule has 4 nitrogen and oxygen atoms in total.